The maximum absolute atomic E-state index is 5.68. The summed E-state index contributed by atoms with van der Waals surface area (Å²) in [6, 6.07) is 0. The van der Waals surface area contributed by atoms with Gasteiger partial charge in [-0.05, 0) is 18.3 Å². The van der Waals surface area contributed by atoms with Crippen molar-refractivity contribution in [2.45, 2.75) is 53.1 Å². The molecule has 0 saturated carbocycles. The molecule has 0 saturated heterocycles. The van der Waals surface area contributed by atoms with Crippen LogP contribution in [0.15, 0.2) is 0 Å². The Bertz CT molecular complexity index is 118. The number of rotatable bonds is 6. The molecule has 2 heteroatoms. The summed E-state index contributed by atoms with van der Waals surface area (Å²) in [5, 5.41) is 0. The van der Waals surface area contributed by atoms with Crippen LogP contribution in [-0.2, 0) is 4.74 Å². The van der Waals surface area contributed by atoms with E-state index in [2.05, 4.69) is 27.7 Å². The highest BCUT2D eigenvalue weighted by Gasteiger charge is 2.11. The van der Waals surface area contributed by atoms with Gasteiger partial charge >= 0.3 is 0 Å². The van der Waals surface area contributed by atoms with Crippen LogP contribution >= 0.6 is 0 Å². The Morgan fingerprint density at radius 1 is 1.31 bits per heavy atom. The Hall–Kier alpha value is -0.0800. The quantitative estimate of drug-likeness (QED) is 0.693. The van der Waals surface area contributed by atoms with Crippen molar-refractivity contribution < 1.29 is 4.74 Å². The highest BCUT2D eigenvalue weighted by atomic mass is 16.5. The zero-order valence-electron chi connectivity index (χ0n) is 9.60. The second-order valence-electron chi connectivity index (χ2n) is 4.83. The molecule has 2 nitrogen and oxygen atoms in total. The van der Waals surface area contributed by atoms with Crippen molar-refractivity contribution in [3.8, 4) is 0 Å². The molecule has 0 aliphatic heterocycles. The first-order valence-electron chi connectivity index (χ1n) is 5.31. The molecule has 0 rings (SSSR count). The average molecular weight is 187 g/mol. The molecule has 80 valence electrons. The van der Waals surface area contributed by atoms with E-state index in [4.69, 9.17) is 10.5 Å². The molecule has 0 aromatic carbocycles. The third-order valence-corrected chi connectivity index (χ3v) is 2.08. The first kappa shape index (κ1) is 12.9. The van der Waals surface area contributed by atoms with E-state index in [0.29, 0.717) is 12.0 Å². The predicted octanol–water partition coefficient (Wildman–Crippen LogP) is 2.57. The Morgan fingerprint density at radius 3 is 2.31 bits per heavy atom. The molecule has 0 aliphatic rings. The van der Waals surface area contributed by atoms with Gasteiger partial charge in [-0.1, -0.05) is 34.1 Å². The summed E-state index contributed by atoms with van der Waals surface area (Å²) in [6.07, 6.45) is 3.61. The largest absolute Gasteiger partial charge is 0.377 e. The number of hydrogen-bond donors (Lipinski definition) is 1. The van der Waals surface area contributed by atoms with E-state index in [9.17, 15) is 0 Å². The molecule has 0 heterocycles. The molecule has 0 spiro atoms. The normalized spacial score (nSPS) is 14.5. The van der Waals surface area contributed by atoms with Crippen molar-refractivity contribution >= 4 is 0 Å². The summed E-state index contributed by atoms with van der Waals surface area (Å²) < 4.78 is 5.68. The van der Waals surface area contributed by atoms with Crippen LogP contribution in [0.3, 0.4) is 0 Å². The lowest BCUT2D eigenvalue weighted by molar-refractivity contribution is 0.0376. The van der Waals surface area contributed by atoms with Crippen molar-refractivity contribution in [3.63, 3.8) is 0 Å². The maximum Gasteiger partial charge on any atom is 0.0697 e. The van der Waals surface area contributed by atoms with Crippen LogP contribution in [0.4, 0.5) is 0 Å². The highest BCUT2D eigenvalue weighted by Crippen LogP contribution is 2.18. The topological polar surface area (TPSA) is 35.2 Å². The number of ether oxygens (including phenoxy) is 1. The average Bonchev–Trinajstić information content (AvgIpc) is 2.01. The molecular formula is C11H25NO. The van der Waals surface area contributed by atoms with Gasteiger partial charge in [0.15, 0.2) is 0 Å². The molecule has 0 aromatic heterocycles. The van der Waals surface area contributed by atoms with Crippen molar-refractivity contribution in [3.05, 3.63) is 0 Å². The Kier molecular flexibility index (Phi) is 6.35. The van der Waals surface area contributed by atoms with Gasteiger partial charge in [-0.15, -0.1) is 0 Å². The first-order chi connectivity index (χ1) is 5.99. The second-order valence-corrected chi connectivity index (χ2v) is 4.83. The number of hydrogen-bond acceptors (Lipinski definition) is 2. The minimum absolute atomic E-state index is 0.271. The monoisotopic (exact) mass is 187 g/mol. The van der Waals surface area contributed by atoms with Crippen molar-refractivity contribution in [2.75, 3.05) is 13.2 Å². The molecule has 1 unspecified atom stereocenters. The Labute approximate surface area is 82.8 Å². The maximum atomic E-state index is 5.68. The molecule has 0 aliphatic carbocycles. The van der Waals surface area contributed by atoms with Gasteiger partial charge in [-0.2, -0.15) is 0 Å². The fourth-order valence-corrected chi connectivity index (χ4v) is 1.12. The summed E-state index contributed by atoms with van der Waals surface area (Å²) >= 11 is 0. The Balaban J connectivity index is 3.49. The van der Waals surface area contributed by atoms with Gasteiger partial charge in [-0.3, -0.25) is 0 Å². The molecule has 0 fully saturated rings. The Morgan fingerprint density at radius 2 is 1.92 bits per heavy atom. The second kappa shape index (κ2) is 6.39. The van der Waals surface area contributed by atoms with Gasteiger partial charge in [0.2, 0.25) is 0 Å². The van der Waals surface area contributed by atoms with Crippen LogP contribution in [0.2, 0.25) is 0 Å². The molecule has 0 bridgehead atoms. The third-order valence-electron chi connectivity index (χ3n) is 2.08. The van der Waals surface area contributed by atoms with Crippen LogP contribution in [0.5, 0.6) is 0 Å². The van der Waals surface area contributed by atoms with Crippen molar-refractivity contribution in [1.82, 2.24) is 0 Å². The van der Waals surface area contributed by atoms with Gasteiger partial charge in [0.05, 0.1) is 6.10 Å². The van der Waals surface area contributed by atoms with Gasteiger partial charge in [0.1, 0.15) is 0 Å². The van der Waals surface area contributed by atoms with E-state index in [1.54, 1.807) is 0 Å². The lowest BCUT2D eigenvalue weighted by Gasteiger charge is -2.21. The molecule has 13 heavy (non-hydrogen) atoms. The summed E-state index contributed by atoms with van der Waals surface area (Å²) in [6.45, 7) is 10.3. The molecule has 1 atom stereocenters. The van der Waals surface area contributed by atoms with Crippen LogP contribution in [0.25, 0.3) is 0 Å². The van der Waals surface area contributed by atoms with Gasteiger partial charge < -0.3 is 10.5 Å². The van der Waals surface area contributed by atoms with E-state index in [0.717, 1.165) is 25.9 Å². The minimum atomic E-state index is 0.271. The fourth-order valence-electron chi connectivity index (χ4n) is 1.12. The zero-order chi connectivity index (χ0) is 10.3. The molecule has 0 amide bonds. The van der Waals surface area contributed by atoms with Crippen molar-refractivity contribution in [2.24, 2.45) is 11.1 Å². The summed E-state index contributed by atoms with van der Waals surface area (Å²) in [5.41, 5.74) is 5.95. The van der Waals surface area contributed by atoms with E-state index in [-0.39, 0.29) is 6.10 Å². The fraction of sp³-hybridized carbons (Fsp3) is 1.00. The SMILES string of the molecule is CCCC(CN)OCCC(C)(C)C. The van der Waals surface area contributed by atoms with Crippen molar-refractivity contribution in [1.29, 1.82) is 0 Å². The molecular weight excluding hydrogens is 162 g/mol. The first-order valence-corrected chi connectivity index (χ1v) is 5.31. The molecule has 0 aromatic rings. The van der Waals surface area contributed by atoms with Crippen LogP contribution in [0.1, 0.15) is 47.0 Å². The zero-order valence-corrected chi connectivity index (χ0v) is 9.60. The summed E-state index contributed by atoms with van der Waals surface area (Å²) in [7, 11) is 0. The molecule has 0 radical (unpaired) electrons. The lowest BCUT2D eigenvalue weighted by Crippen LogP contribution is -2.25. The predicted molar refractivity (Wildman–Crippen MR) is 57.8 cm³/mol. The van der Waals surface area contributed by atoms with Crippen LogP contribution < -0.4 is 5.73 Å². The van der Waals surface area contributed by atoms with E-state index in [1.807, 2.05) is 0 Å². The van der Waals surface area contributed by atoms with Gasteiger partial charge in [0, 0.05) is 13.2 Å². The summed E-state index contributed by atoms with van der Waals surface area (Å²) in [4.78, 5) is 0. The van der Waals surface area contributed by atoms with Crippen LogP contribution in [0, 0.1) is 5.41 Å². The minimum Gasteiger partial charge on any atom is -0.377 e. The highest BCUT2D eigenvalue weighted by molar-refractivity contribution is 4.62. The number of nitrogens with two attached hydrogens (primary N) is 1. The van der Waals surface area contributed by atoms with E-state index in [1.165, 1.54) is 0 Å². The standard InChI is InChI=1S/C11H25NO/c1-5-6-10(9-12)13-8-7-11(2,3)4/h10H,5-9,12H2,1-4H3. The van der Waals surface area contributed by atoms with Gasteiger partial charge in [-0.25, -0.2) is 0 Å². The van der Waals surface area contributed by atoms with Crippen LogP contribution in [-0.4, -0.2) is 19.3 Å². The van der Waals surface area contributed by atoms with Gasteiger partial charge in [0.25, 0.3) is 0 Å². The third kappa shape index (κ3) is 8.26. The molecule has 2 N–H and O–H groups in total. The summed E-state index contributed by atoms with van der Waals surface area (Å²) in [5.74, 6) is 0. The lowest BCUT2D eigenvalue weighted by atomic mass is 9.93. The smallest absolute Gasteiger partial charge is 0.0697 e. The van der Waals surface area contributed by atoms with E-state index >= 15 is 0 Å². The van der Waals surface area contributed by atoms with E-state index < -0.39 is 0 Å².